The number of hydrogen-bond donors (Lipinski definition) is 1. The fraction of sp³-hybridized carbons (Fsp3) is 0.625. The number of anilines is 2. The van der Waals surface area contributed by atoms with E-state index in [9.17, 15) is 0 Å². The minimum atomic E-state index is 0.675. The van der Waals surface area contributed by atoms with Gasteiger partial charge in [0.05, 0.1) is 11.4 Å². The summed E-state index contributed by atoms with van der Waals surface area (Å²) in [7, 11) is 4.25. The number of nitrogens with zero attached hydrogens (tertiary/aromatic N) is 2. The molecular weight excluding hydrogens is 234 g/mol. The predicted molar refractivity (Wildman–Crippen MR) is 84.3 cm³/mol. The van der Waals surface area contributed by atoms with E-state index in [0.717, 1.165) is 19.6 Å². The third-order valence-electron chi connectivity index (χ3n) is 3.98. The third-order valence-corrected chi connectivity index (χ3v) is 3.98. The highest BCUT2D eigenvalue weighted by atomic mass is 15.2. The molecule has 1 saturated heterocycles. The molecule has 0 bridgehead atoms. The molecular formula is C16H27N3. The summed E-state index contributed by atoms with van der Waals surface area (Å²) < 4.78 is 0. The van der Waals surface area contributed by atoms with Gasteiger partial charge in [-0.25, -0.2) is 0 Å². The fourth-order valence-electron chi connectivity index (χ4n) is 2.80. The van der Waals surface area contributed by atoms with Gasteiger partial charge in [-0.05, 0) is 37.9 Å². The Morgan fingerprint density at radius 2 is 2.05 bits per heavy atom. The lowest BCUT2D eigenvalue weighted by Gasteiger charge is -2.33. The molecule has 1 N–H and O–H groups in total. The first-order valence-electron chi connectivity index (χ1n) is 7.47. The number of rotatable bonds is 3. The average molecular weight is 261 g/mol. The highest BCUT2D eigenvalue weighted by molar-refractivity contribution is 5.70. The van der Waals surface area contributed by atoms with Gasteiger partial charge in [0.1, 0.15) is 0 Å². The van der Waals surface area contributed by atoms with E-state index in [4.69, 9.17) is 0 Å². The van der Waals surface area contributed by atoms with Gasteiger partial charge in [0.25, 0.3) is 0 Å². The van der Waals surface area contributed by atoms with Crippen LogP contribution >= 0.6 is 0 Å². The van der Waals surface area contributed by atoms with Crippen LogP contribution in [-0.2, 0) is 0 Å². The maximum atomic E-state index is 3.64. The summed E-state index contributed by atoms with van der Waals surface area (Å²) in [4.78, 5) is 4.77. The van der Waals surface area contributed by atoms with E-state index in [2.05, 4.69) is 60.4 Å². The van der Waals surface area contributed by atoms with Crippen molar-refractivity contribution >= 4 is 11.4 Å². The van der Waals surface area contributed by atoms with E-state index in [1.54, 1.807) is 0 Å². The van der Waals surface area contributed by atoms with Crippen LogP contribution in [0.2, 0.25) is 0 Å². The van der Waals surface area contributed by atoms with E-state index in [1.165, 1.54) is 30.6 Å². The Labute approximate surface area is 117 Å². The highest BCUT2D eigenvalue weighted by Crippen LogP contribution is 2.28. The molecule has 1 aliphatic heterocycles. The summed E-state index contributed by atoms with van der Waals surface area (Å²) in [5, 5.41) is 3.64. The van der Waals surface area contributed by atoms with Crippen molar-refractivity contribution in [2.45, 2.75) is 32.2 Å². The predicted octanol–water partition coefficient (Wildman–Crippen LogP) is 2.72. The van der Waals surface area contributed by atoms with E-state index < -0.39 is 0 Å². The quantitative estimate of drug-likeness (QED) is 0.902. The van der Waals surface area contributed by atoms with E-state index in [0.29, 0.717) is 6.04 Å². The van der Waals surface area contributed by atoms with Crippen LogP contribution in [0.4, 0.5) is 11.4 Å². The van der Waals surface area contributed by atoms with Gasteiger partial charge in [-0.3, -0.25) is 0 Å². The van der Waals surface area contributed by atoms with Gasteiger partial charge in [0.15, 0.2) is 0 Å². The Morgan fingerprint density at radius 1 is 1.26 bits per heavy atom. The minimum Gasteiger partial charge on any atom is -0.376 e. The normalized spacial score (nSPS) is 20.8. The Kier molecular flexibility index (Phi) is 5.08. The van der Waals surface area contributed by atoms with Crippen molar-refractivity contribution in [2.24, 2.45) is 0 Å². The molecule has 0 amide bonds. The van der Waals surface area contributed by atoms with Gasteiger partial charge >= 0.3 is 0 Å². The van der Waals surface area contributed by atoms with Gasteiger partial charge in [-0.1, -0.05) is 19.1 Å². The smallest absolute Gasteiger partial charge is 0.0603 e. The molecule has 3 nitrogen and oxygen atoms in total. The molecule has 1 heterocycles. The van der Waals surface area contributed by atoms with E-state index in [1.807, 2.05) is 0 Å². The average Bonchev–Trinajstić information content (AvgIpc) is 2.39. The molecule has 3 heteroatoms. The first-order chi connectivity index (χ1) is 9.22. The van der Waals surface area contributed by atoms with Crippen LogP contribution < -0.4 is 15.1 Å². The largest absolute Gasteiger partial charge is 0.376 e. The van der Waals surface area contributed by atoms with Crippen LogP contribution in [0.3, 0.4) is 0 Å². The van der Waals surface area contributed by atoms with Crippen LogP contribution in [0.1, 0.15) is 26.2 Å². The summed E-state index contributed by atoms with van der Waals surface area (Å²) in [6.45, 7) is 5.71. The molecule has 2 rings (SSSR count). The summed E-state index contributed by atoms with van der Waals surface area (Å²) in [5.74, 6) is 0. The summed E-state index contributed by atoms with van der Waals surface area (Å²) in [6.07, 6.45) is 3.68. The van der Waals surface area contributed by atoms with Crippen molar-refractivity contribution in [3.63, 3.8) is 0 Å². The number of benzene rings is 1. The van der Waals surface area contributed by atoms with Gasteiger partial charge < -0.3 is 15.1 Å². The molecule has 1 aliphatic rings. The molecule has 1 unspecified atom stereocenters. The molecule has 1 aromatic carbocycles. The van der Waals surface area contributed by atoms with Crippen molar-refractivity contribution in [1.82, 2.24) is 5.32 Å². The standard InChI is InChI=1S/C16H27N3/c1-4-14-10-13-19(12-7-11-17-14)16-9-6-5-8-15(16)18(2)3/h5-6,8-9,14,17H,4,7,10-13H2,1-3H3. The maximum Gasteiger partial charge on any atom is 0.0603 e. The first kappa shape index (κ1) is 14.2. The maximum absolute atomic E-state index is 3.64. The SMILES string of the molecule is CCC1CCN(c2ccccc2N(C)C)CCCN1. The van der Waals surface area contributed by atoms with E-state index in [-0.39, 0.29) is 0 Å². The van der Waals surface area contributed by atoms with Crippen LogP contribution in [-0.4, -0.2) is 39.8 Å². The summed E-state index contributed by atoms with van der Waals surface area (Å²) in [5.41, 5.74) is 2.70. The monoisotopic (exact) mass is 261 g/mol. The van der Waals surface area contributed by atoms with Crippen molar-refractivity contribution in [2.75, 3.05) is 43.5 Å². The lowest BCUT2D eigenvalue weighted by Crippen LogP contribution is -2.40. The topological polar surface area (TPSA) is 18.5 Å². The van der Waals surface area contributed by atoms with Crippen LogP contribution in [0.25, 0.3) is 0 Å². The Morgan fingerprint density at radius 3 is 2.79 bits per heavy atom. The Hall–Kier alpha value is -1.22. The fourth-order valence-corrected chi connectivity index (χ4v) is 2.80. The van der Waals surface area contributed by atoms with E-state index >= 15 is 0 Å². The van der Waals surface area contributed by atoms with Crippen LogP contribution in [0.15, 0.2) is 24.3 Å². The second-order valence-corrected chi connectivity index (χ2v) is 5.57. The van der Waals surface area contributed by atoms with Crippen molar-refractivity contribution < 1.29 is 0 Å². The lowest BCUT2D eigenvalue weighted by molar-refractivity contribution is 0.439. The molecule has 1 atom stereocenters. The zero-order valence-electron chi connectivity index (χ0n) is 12.5. The first-order valence-corrected chi connectivity index (χ1v) is 7.47. The van der Waals surface area contributed by atoms with Gasteiger partial charge in [-0.15, -0.1) is 0 Å². The second kappa shape index (κ2) is 6.80. The van der Waals surface area contributed by atoms with Gasteiger partial charge in [0, 0.05) is 33.2 Å². The van der Waals surface area contributed by atoms with Crippen molar-refractivity contribution in [3.05, 3.63) is 24.3 Å². The zero-order valence-corrected chi connectivity index (χ0v) is 12.5. The number of para-hydroxylation sites is 2. The summed E-state index contributed by atoms with van der Waals surface area (Å²) in [6, 6.07) is 9.42. The zero-order chi connectivity index (χ0) is 13.7. The molecule has 106 valence electrons. The third kappa shape index (κ3) is 3.63. The number of nitrogens with one attached hydrogen (secondary N) is 1. The highest BCUT2D eigenvalue weighted by Gasteiger charge is 2.16. The van der Waals surface area contributed by atoms with Crippen molar-refractivity contribution in [3.8, 4) is 0 Å². The molecule has 19 heavy (non-hydrogen) atoms. The van der Waals surface area contributed by atoms with Crippen LogP contribution in [0, 0.1) is 0 Å². The number of hydrogen-bond acceptors (Lipinski definition) is 3. The Bertz CT molecular complexity index is 389. The molecule has 1 fully saturated rings. The molecule has 0 aliphatic carbocycles. The second-order valence-electron chi connectivity index (χ2n) is 5.57. The minimum absolute atomic E-state index is 0.675. The molecule has 0 spiro atoms. The van der Waals surface area contributed by atoms with Gasteiger partial charge in [0.2, 0.25) is 0 Å². The molecule has 1 aromatic rings. The molecule has 0 saturated carbocycles. The molecule has 0 aromatic heterocycles. The van der Waals surface area contributed by atoms with Crippen molar-refractivity contribution in [1.29, 1.82) is 0 Å². The summed E-state index contributed by atoms with van der Waals surface area (Å²) >= 11 is 0. The van der Waals surface area contributed by atoms with Gasteiger partial charge in [-0.2, -0.15) is 0 Å². The Balaban J connectivity index is 2.15. The van der Waals surface area contributed by atoms with Crippen LogP contribution in [0.5, 0.6) is 0 Å². The lowest BCUT2D eigenvalue weighted by atomic mass is 10.1. The molecule has 0 radical (unpaired) electrons.